The fraction of sp³-hybridized carbons (Fsp3) is 0.0444. The van der Waals surface area contributed by atoms with Gasteiger partial charge in [0.25, 0.3) is 0 Å². The van der Waals surface area contributed by atoms with Gasteiger partial charge in [-0.05, 0) is 56.9 Å². The van der Waals surface area contributed by atoms with Gasteiger partial charge >= 0.3 is 0 Å². The van der Waals surface area contributed by atoms with Gasteiger partial charge in [-0.15, -0.1) is 0 Å². The lowest BCUT2D eigenvalue weighted by atomic mass is 9.80. The molecule has 2 unspecified atom stereocenters. The zero-order chi connectivity index (χ0) is 32.3. The molecule has 0 spiro atoms. The van der Waals surface area contributed by atoms with Crippen molar-refractivity contribution in [2.45, 2.75) is 0 Å². The second-order valence-corrected chi connectivity index (χ2v) is 12.8. The van der Waals surface area contributed by atoms with Gasteiger partial charge in [-0.1, -0.05) is 140 Å². The van der Waals surface area contributed by atoms with Crippen LogP contribution in [0.15, 0.2) is 168 Å². The molecule has 2 aromatic heterocycles. The smallest absolute Gasteiger partial charge is 0.165 e. The minimum atomic E-state index is 0.289. The maximum Gasteiger partial charge on any atom is 0.165 e. The summed E-state index contributed by atoms with van der Waals surface area (Å²) in [6.07, 6.45) is 15.7. The van der Waals surface area contributed by atoms with Crippen molar-refractivity contribution in [3.05, 3.63) is 169 Å². The molecule has 0 amide bonds. The van der Waals surface area contributed by atoms with Gasteiger partial charge < -0.3 is 4.42 Å². The van der Waals surface area contributed by atoms with Crippen LogP contribution in [-0.4, -0.2) is 15.0 Å². The van der Waals surface area contributed by atoms with Gasteiger partial charge in [0, 0.05) is 39.3 Å². The Kier molecular flexibility index (Phi) is 6.28. The predicted octanol–water partition coefficient (Wildman–Crippen LogP) is 11.4. The fourth-order valence-electron chi connectivity index (χ4n) is 7.43. The summed E-state index contributed by atoms with van der Waals surface area (Å²) in [7, 11) is 0. The summed E-state index contributed by atoms with van der Waals surface area (Å²) < 4.78 is 6.43. The second kappa shape index (κ2) is 11.1. The van der Waals surface area contributed by atoms with Crippen LogP contribution in [0.2, 0.25) is 0 Å². The molecule has 49 heavy (non-hydrogen) atoms. The molecular formula is C45H29N3O. The first-order chi connectivity index (χ1) is 24.3. The summed E-state index contributed by atoms with van der Waals surface area (Å²) in [6, 6.07) is 42.0. The maximum atomic E-state index is 6.43. The Balaban J connectivity index is 1.25. The molecule has 2 atom stereocenters. The molecule has 10 rings (SSSR count). The molecule has 8 aromatic rings. The summed E-state index contributed by atoms with van der Waals surface area (Å²) in [6.45, 7) is 0. The van der Waals surface area contributed by atoms with E-state index >= 15 is 0 Å². The Hall–Kier alpha value is -6.39. The molecule has 0 saturated heterocycles. The summed E-state index contributed by atoms with van der Waals surface area (Å²) in [5, 5.41) is 6.85. The van der Waals surface area contributed by atoms with E-state index in [9.17, 15) is 0 Å². The van der Waals surface area contributed by atoms with Crippen molar-refractivity contribution in [3.8, 4) is 34.2 Å². The van der Waals surface area contributed by atoms with Crippen LogP contribution in [0.25, 0.3) is 83.2 Å². The van der Waals surface area contributed by atoms with Crippen LogP contribution in [0.3, 0.4) is 0 Å². The van der Waals surface area contributed by atoms with Crippen molar-refractivity contribution in [1.82, 2.24) is 15.0 Å². The number of furan rings is 1. The molecule has 0 aliphatic heterocycles. The lowest BCUT2D eigenvalue weighted by Gasteiger charge is -2.24. The number of nitrogens with zero attached hydrogens (tertiary/aromatic N) is 3. The normalized spacial score (nSPS) is 16.9. The summed E-state index contributed by atoms with van der Waals surface area (Å²) in [4.78, 5) is 15.6. The molecule has 6 aromatic carbocycles. The number of allylic oxidation sites excluding steroid dienone is 8. The molecule has 0 fully saturated rings. The van der Waals surface area contributed by atoms with E-state index in [1.165, 1.54) is 16.2 Å². The molecule has 2 heterocycles. The van der Waals surface area contributed by atoms with Crippen molar-refractivity contribution in [3.63, 3.8) is 0 Å². The van der Waals surface area contributed by atoms with Gasteiger partial charge in [0.2, 0.25) is 0 Å². The highest BCUT2D eigenvalue weighted by atomic mass is 16.3. The Bertz CT molecular complexity index is 2730. The minimum absolute atomic E-state index is 0.289. The summed E-state index contributed by atoms with van der Waals surface area (Å²) in [5.41, 5.74) is 6.67. The highest BCUT2D eigenvalue weighted by Crippen LogP contribution is 2.43. The van der Waals surface area contributed by atoms with Crippen LogP contribution in [0.5, 0.6) is 0 Å². The topological polar surface area (TPSA) is 51.8 Å². The van der Waals surface area contributed by atoms with Crippen LogP contribution in [0.1, 0.15) is 5.56 Å². The lowest BCUT2D eigenvalue weighted by molar-refractivity contribution is 0.663. The molecule has 0 N–H and O–H groups in total. The third kappa shape index (κ3) is 4.64. The number of aromatic nitrogens is 3. The van der Waals surface area contributed by atoms with E-state index in [-0.39, 0.29) is 5.92 Å². The molecular weight excluding hydrogens is 599 g/mol. The third-order valence-electron chi connectivity index (χ3n) is 9.84. The zero-order valence-corrected chi connectivity index (χ0v) is 26.5. The first kappa shape index (κ1) is 27.7. The number of rotatable bonds is 4. The van der Waals surface area contributed by atoms with E-state index in [2.05, 4.69) is 134 Å². The average molecular weight is 628 g/mol. The van der Waals surface area contributed by atoms with Crippen LogP contribution < -0.4 is 0 Å². The molecule has 0 bridgehead atoms. The fourth-order valence-corrected chi connectivity index (χ4v) is 7.43. The van der Waals surface area contributed by atoms with Crippen molar-refractivity contribution < 1.29 is 4.42 Å². The van der Waals surface area contributed by atoms with Crippen molar-refractivity contribution in [2.75, 3.05) is 0 Å². The van der Waals surface area contributed by atoms with E-state index in [4.69, 9.17) is 19.4 Å². The van der Waals surface area contributed by atoms with E-state index in [1.807, 2.05) is 30.3 Å². The first-order valence-electron chi connectivity index (χ1n) is 16.7. The number of hydrogen-bond donors (Lipinski definition) is 0. The molecule has 0 radical (unpaired) electrons. The number of fused-ring (bicyclic) bond motifs is 7. The maximum absolute atomic E-state index is 6.43. The SMILES string of the molecule is C1=CC2C=CC(c3ccc4oc5ccccc5c4c3-c3nc(-c4ccccc4)nc(-c4ccc5c(ccc6ccccc65)c4)n3)=CC2C=C1. The van der Waals surface area contributed by atoms with Crippen LogP contribution in [-0.2, 0) is 0 Å². The van der Waals surface area contributed by atoms with Gasteiger partial charge in [0.1, 0.15) is 11.2 Å². The van der Waals surface area contributed by atoms with Gasteiger partial charge in [0.15, 0.2) is 17.5 Å². The van der Waals surface area contributed by atoms with E-state index < -0.39 is 0 Å². The largest absolute Gasteiger partial charge is 0.456 e. The van der Waals surface area contributed by atoms with Gasteiger partial charge in [-0.25, -0.2) is 15.0 Å². The summed E-state index contributed by atoms with van der Waals surface area (Å²) in [5.74, 6) is 2.52. The van der Waals surface area contributed by atoms with E-state index in [1.54, 1.807) is 0 Å². The molecule has 2 aliphatic rings. The van der Waals surface area contributed by atoms with Crippen LogP contribution >= 0.6 is 0 Å². The third-order valence-corrected chi connectivity index (χ3v) is 9.84. The van der Waals surface area contributed by atoms with Crippen molar-refractivity contribution in [1.29, 1.82) is 0 Å². The van der Waals surface area contributed by atoms with E-state index in [0.29, 0.717) is 23.4 Å². The van der Waals surface area contributed by atoms with Gasteiger partial charge in [-0.3, -0.25) is 0 Å². The number of hydrogen-bond acceptors (Lipinski definition) is 4. The van der Waals surface area contributed by atoms with Crippen molar-refractivity contribution in [2.24, 2.45) is 11.8 Å². The molecule has 4 nitrogen and oxygen atoms in total. The van der Waals surface area contributed by atoms with Gasteiger partial charge in [0.05, 0.1) is 0 Å². The van der Waals surface area contributed by atoms with Crippen LogP contribution in [0.4, 0.5) is 0 Å². The number of benzene rings is 6. The van der Waals surface area contributed by atoms with Crippen molar-refractivity contribution >= 4 is 49.1 Å². The first-order valence-corrected chi connectivity index (χ1v) is 16.7. The predicted molar refractivity (Wildman–Crippen MR) is 201 cm³/mol. The molecule has 4 heteroatoms. The highest BCUT2D eigenvalue weighted by Gasteiger charge is 2.25. The lowest BCUT2D eigenvalue weighted by Crippen LogP contribution is -2.11. The van der Waals surface area contributed by atoms with E-state index in [0.717, 1.165) is 55.2 Å². The van der Waals surface area contributed by atoms with Gasteiger partial charge in [-0.2, -0.15) is 0 Å². The molecule has 2 aliphatic carbocycles. The Morgan fingerprint density at radius 2 is 1.20 bits per heavy atom. The Morgan fingerprint density at radius 3 is 2.10 bits per heavy atom. The van der Waals surface area contributed by atoms with Crippen LogP contribution in [0, 0.1) is 11.8 Å². The Morgan fingerprint density at radius 1 is 0.490 bits per heavy atom. The average Bonchev–Trinajstić information content (AvgIpc) is 3.56. The quantitative estimate of drug-likeness (QED) is 0.182. The monoisotopic (exact) mass is 627 g/mol. The molecule has 0 saturated carbocycles. The second-order valence-electron chi connectivity index (χ2n) is 12.8. The molecule has 230 valence electrons. The zero-order valence-electron chi connectivity index (χ0n) is 26.5. The summed E-state index contributed by atoms with van der Waals surface area (Å²) >= 11 is 0. The highest BCUT2D eigenvalue weighted by molar-refractivity contribution is 6.14. The Labute approximate surface area is 283 Å². The minimum Gasteiger partial charge on any atom is -0.456 e. The number of para-hydroxylation sites is 1. The standard InChI is InChI=1S/C45H29N3O/c1-2-12-30(13-3-1)43-46-44(34-22-23-36-32(27-34)21-19-29-11-6-7-15-35(29)36)48-45(47-43)42-37(33-20-18-28-10-4-5-14-31(28)26-33)24-25-40-41(42)38-16-8-9-17-39(38)49-40/h1-28,31H.